The van der Waals surface area contributed by atoms with Crippen LogP contribution in [0.2, 0.25) is 0 Å². The van der Waals surface area contributed by atoms with Gasteiger partial charge in [-0.05, 0) is 0 Å². The number of allylic oxidation sites excluding steroid dienone is 1. The van der Waals surface area contributed by atoms with Crippen LogP contribution in [0.4, 0.5) is 0 Å². The summed E-state index contributed by atoms with van der Waals surface area (Å²) in [5.74, 6) is 0.211. The summed E-state index contributed by atoms with van der Waals surface area (Å²) in [5, 5.41) is 2.56. The summed E-state index contributed by atoms with van der Waals surface area (Å²) >= 11 is -3.55. The first-order valence-corrected chi connectivity index (χ1v) is 14.8. The van der Waals surface area contributed by atoms with Gasteiger partial charge in [-0.2, -0.15) is 0 Å². The zero-order valence-electron chi connectivity index (χ0n) is 19.9. The minimum absolute atomic E-state index is 0. The van der Waals surface area contributed by atoms with Gasteiger partial charge in [0.2, 0.25) is 0 Å². The van der Waals surface area contributed by atoms with E-state index < -0.39 is 17.0 Å². The van der Waals surface area contributed by atoms with Crippen molar-refractivity contribution in [3.8, 4) is 0 Å². The van der Waals surface area contributed by atoms with Crippen LogP contribution in [0.3, 0.4) is 0 Å². The predicted octanol–water partition coefficient (Wildman–Crippen LogP) is -0.00190. The van der Waals surface area contributed by atoms with Crippen LogP contribution in [0, 0.1) is 0 Å². The van der Waals surface area contributed by atoms with Gasteiger partial charge in [0.05, 0.1) is 0 Å². The standard InChI is InChI=1S/C19H13.2C6H5.CH3O.2ClH.Ti/c1-2-7-16-13-17(10-9-14(16)5-1)19-12-11-15-6-3-4-8-18(15)19;2*1-2-4-6-5-3-1;1-2;;;/h1-12,19H;2*1-5H;1H3;2*1H;/q;;;-1;;;+3/p-2. The fourth-order valence-corrected chi connectivity index (χ4v) is 12.1. The summed E-state index contributed by atoms with van der Waals surface area (Å²) in [6.45, 7) is 0. The van der Waals surface area contributed by atoms with Gasteiger partial charge in [0, 0.05) is 0 Å². The molecule has 5 aromatic rings. The number of rotatable bonds is 5. The van der Waals surface area contributed by atoms with Crippen molar-refractivity contribution in [1.82, 2.24) is 0 Å². The first-order valence-electron chi connectivity index (χ1n) is 11.8. The summed E-state index contributed by atoms with van der Waals surface area (Å²) in [4.78, 5) is 0. The monoisotopic (exact) mass is 544 g/mol. The van der Waals surface area contributed by atoms with Crippen molar-refractivity contribution in [2.24, 2.45) is 0 Å². The molecule has 0 amide bonds. The molecule has 4 heteroatoms. The van der Waals surface area contributed by atoms with Crippen molar-refractivity contribution in [3.63, 3.8) is 0 Å². The maximum Gasteiger partial charge on any atom is -1.00 e. The van der Waals surface area contributed by atoms with E-state index in [1.54, 1.807) is 0 Å². The van der Waals surface area contributed by atoms with E-state index in [9.17, 15) is 0 Å². The van der Waals surface area contributed by atoms with Crippen LogP contribution < -0.4 is 36.4 Å². The van der Waals surface area contributed by atoms with E-state index in [-0.39, 0.29) is 30.7 Å². The topological polar surface area (TPSA) is 9.23 Å². The molecule has 0 spiro atoms. The Morgan fingerprint density at radius 2 is 1.17 bits per heavy atom. The van der Waals surface area contributed by atoms with Gasteiger partial charge in [-0.15, -0.1) is 0 Å². The van der Waals surface area contributed by atoms with Crippen molar-refractivity contribution < 1.29 is 45.1 Å². The molecule has 0 bridgehead atoms. The molecule has 36 heavy (non-hydrogen) atoms. The summed E-state index contributed by atoms with van der Waals surface area (Å²) < 4.78 is 10.9. The number of benzene rings is 5. The molecule has 1 aliphatic carbocycles. The van der Waals surface area contributed by atoms with Gasteiger partial charge in [-0.25, -0.2) is 0 Å². The molecule has 0 saturated heterocycles. The van der Waals surface area contributed by atoms with Gasteiger partial charge in [-0.1, -0.05) is 0 Å². The Labute approximate surface area is 229 Å². The van der Waals surface area contributed by atoms with Crippen LogP contribution in [0.1, 0.15) is 22.6 Å². The van der Waals surface area contributed by atoms with Gasteiger partial charge in [0.1, 0.15) is 0 Å². The average Bonchev–Trinajstić information content (AvgIpc) is 3.35. The van der Waals surface area contributed by atoms with Crippen LogP contribution >= 0.6 is 0 Å². The fraction of sp³-hybridized carbons (Fsp3) is 0.0625. The number of hydrogen-bond donors (Lipinski definition) is 0. The molecular weight excluding hydrogens is 519 g/mol. The first-order chi connectivity index (χ1) is 16.8. The molecule has 5 aromatic carbocycles. The second-order valence-electron chi connectivity index (χ2n) is 8.83. The minimum atomic E-state index is -3.55. The van der Waals surface area contributed by atoms with E-state index in [1.807, 2.05) is 7.11 Å². The van der Waals surface area contributed by atoms with Gasteiger partial charge >= 0.3 is 206 Å². The molecule has 0 radical (unpaired) electrons. The van der Waals surface area contributed by atoms with E-state index in [0.29, 0.717) is 0 Å². The molecule has 0 fully saturated rings. The van der Waals surface area contributed by atoms with Crippen molar-refractivity contribution in [2.75, 3.05) is 7.11 Å². The molecule has 1 aliphatic rings. The van der Waals surface area contributed by atoms with Gasteiger partial charge in [0.15, 0.2) is 0 Å². The normalized spacial score (nSPS) is 13.6. The van der Waals surface area contributed by atoms with Crippen molar-refractivity contribution in [1.29, 1.82) is 0 Å². The molecule has 0 aromatic heterocycles. The van der Waals surface area contributed by atoms with Crippen LogP contribution in [0.15, 0.2) is 127 Å². The molecule has 1 nitrogen and oxygen atoms in total. The van der Waals surface area contributed by atoms with Crippen LogP contribution in [0.25, 0.3) is 16.8 Å². The largest absolute Gasteiger partial charge is 1.00 e. The van der Waals surface area contributed by atoms with Crippen LogP contribution in [-0.4, -0.2) is 7.11 Å². The van der Waals surface area contributed by atoms with E-state index in [1.165, 1.54) is 39.1 Å². The predicted molar refractivity (Wildman–Crippen MR) is 140 cm³/mol. The van der Waals surface area contributed by atoms with Gasteiger partial charge < -0.3 is 24.8 Å². The molecule has 6 rings (SSSR count). The third-order valence-corrected chi connectivity index (χ3v) is 13.6. The third-order valence-electron chi connectivity index (χ3n) is 7.11. The van der Waals surface area contributed by atoms with E-state index in [2.05, 4.69) is 133 Å². The molecule has 178 valence electrons. The Morgan fingerprint density at radius 3 is 1.83 bits per heavy atom. The van der Waals surface area contributed by atoms with Crippen LogP contribution in [-0.2, 0) is 20.3 Å². The molecule has 0 aliphatic heterocycles. The third kappa shape index (κ3) is 4.26. The van der Waals surface area contributed by atoms with E-state index in [4.69, 9.17) is 3.32 Å². The Kier molecular flexibility index (Phi) is 8.20. The molecular formula is C32H26Cl2OTi. The number of halogens is 2. The van der Waals surface area contributed by atoms with E-state index in [0.717, 1.165) is 0 Å². The number of hydrogen-bond acceptors (Lipinski definition) is 1. The maximum atomic E-state index is 6.86. The average molecular weight is 545 g/mol. The molecule has 1 atom stereocenters. The Morgan fingerprint density at radius 1 is 0.583 bits per heavy atom. The zero-order valence-corrected chi connectivity index (χ0v) is 23.0. The molecule has 0 saturated carbocycles. The van der Waals surface area contributed by atoms with Crippen molar-refractivity contribution in [3.05, 3.63) is 144 Å². The molecule has 0 N–H and O–H groups in total. The smallest absolute Gasteiger partial charge is 1.00 e. The second kappa shape index (κ2) is 11.2. The molecule has 0 heterocycles. The Bertz CT molecular complexity index is 1460. The maximum absolute atomic E-state index is 6.86. The SMILES string of the molecule is C[O][Ti+2]([c]1ccccc1)([c]1ccccc1)[c]1c(C2C=Cc3ccccc32)ccc2ccccc12.[Cl-].[Cl-]. The fourth-order valence-electron chi connectivity index (χ4n) is 5.60. The minimum Gasteiger partial charge on any atom is -1.00 e. The number of fused-ring (bicyclic) bond motifs is 2. The van der Waals surface area contributed by atoms with Gasteiger partial charge in [0.25, 0.3) is 0 Å². The first kappa shape index (κ1) is 26.4. The Balaban J connectivity index is 0.00000152. The van der Waals surface area contributed by atoms with Gasteiger partial charge in [-0.3, -0.25) is 0 Å². The van der Waals surface area contributed by atoms with Crippen molar-refractivity contribution >= 4 is 28.5 Å². The second-order valence-corrected chi connectivity index (χ2v) is 14.2. The zero-order chi connectivity index (χ0) is 23.0. The molecule has 1 unspecified atom stereocenters. The van der Waals surface area contributed by atoms with Crippen molar-refractivity contribution in [2.45, 2.75) is 5.92 Å². The van der Waals surface area contributed by atoms with E-state index >= 15 is 0 Å². The van der Waals surface area contributed by atoms with Crippen LogP contribution in [0.5, 0.6) is 0 Å². The summed E-state index contributed by atoms with van der Waals surface area (Å²) in [7, 11) is 1.92. The summed E-state index contributed by atoms with van der Waals surface area (Å²) in [6.07, 6.45) is 4.63. The summed E-state index contributed by atoms with van der Waals surface area (Å²) in [6, 6.07) is 44.0. The Hall–Kier alpha value is -2.65. The summed E-state index contributed by atoms with van der Waals surface area (Å²) in [5.41, 5.74) is 4.03. The quantitative estimate of drug-likeness (QED) is 0.283.